The molecule has 0 unspecified atom stereocenters. The average Bonchev–Trinajstić information content (AvgIpc) is 2.55. The second kappa shape index (κ2) is 7.31. The molecule has 4 nitrogen and oxygen atoms in total. The molecule has 0 aliphatic carbocycles. The van der Waals surface area contributed by atoms with E-state index in [-0.39, 0.29) is 5.91 Å². The Balaban J connectivity index is 2.11. The maximum Gasteiger partial charge on any atom is 0.248 e. The Morgan fingerprint density at radius 1 is 1.09 bits per heavy atom. The molecule has 0 spiro atoms. The van der Waals surface area contributed by atoms with Gasteiger partial charge in [0.15, 0.2) is 0 Å². The molecule has 2 aromatic rings. The van der Waals surface area contributed by atoms with Crippen molar-refractivity contribution >= 4 is 17.7 Å². The first-order chi connectivity index (χ1) is 10.6. The number of aryl methyl sites for hydroxylation is 1. The van der Waals surface area contributed by atoms with Crippen molar-refractivity contribution in [3.05, 3.63) is 59.7 Å². The van der Waals surface area contributed by atoms with Gasteiger partial charge in [-0.3, -0.25) is 4.79 Å². The zero-order chi connectivity index (χ0) is 15.9. The maximum absolute atomic E-state index is 12.0. The molecule has 0 aliphatic rings. The van der Waals surface area contributed by atoms with Crippen molar-refractivity contribution in [3.8, 4) is 11.5 Å². The van der Waals surface area contributed by atoms with Gasteiger partial charge in [-0.15, -0.1) is 0 Å². The van der Waals surface area contributed by atoms with Crippen LogP contribution in [0.3, 0.4) is 0 Å². The average molecular weight is 297 g/mol. The van der Waals surface area contributed by atoms with Crippen molar-refractivity contribution in [2.75, 3.05) is 19.5 Å². The molecule has 0 saturated carbocycles. The van der Waals surface area contributed by atoms with Gasteiger partial charge in [0.05, 0.1) is 14.2 Å². The van der Waals surface area contributed by atoms with Crippen LogP contribution in [-0.4, -0.2) is 20.1 Å². The first kappa shape index (κ1) is 15.6. The fourth-order valence-electron chi connectivity index (χ4n) is 2.01. The van der Waals surface area contributed by atoms with Gasteiger partial charge < -0.3 is 14.8 Å². The van der Waals surface area contributed by atoms with Crippen molar-refractivity contribution in [2.24, 2.45) is 0 Å². The summed E-state index contributed by atoms with van der Waals surface area (Å²) >= 11 is 0. The molecule has 0 saturated heterocycles. The Labute approximate surface area is 130 Å². The number of benzene rings is 2. The summed E-state index contributed by atoms with van der Waals surface area (Å²) in [7, 11) is 3.18. The molecular weight excluding hydrogens is 278 g/mol. The minimum atomic E-state index is -0.188. The fraction of sp³-hybridized carbons (Fsp3) is 0.167. The lowest BCUT2D eigenvalue weighted by Gasteiger charge is -2.08. The molecule has 0 atom stereocenters. The van der Waals surface area contributed by atoms with Crippen molar-refractivity contribution in [1.29, 1.82) is 0 Å². The van der Waals surface area contributed by atoms with Gasteiger partial charge in [-0.1, -0.05) is 18.2 Å². The summed E-state index contributed by atoms with van der Waals surface area (Å²) < 4.78 is 10.4. The Morgan fingerprint density at radius 2 is 1.86 bits per heavy atom. The minimum Gasteiger partial charge on any atom is -0.497 e. The van der Waals surface area contributed by atoms with Gasteiger partial charge in [0.2, 0.25) is 5.91 Å². The molecule has 0 radical (unpaired) electrons. The summed E-state index contributed by atoms with van der Waals surface area (Å²) in [6.45, 7) is 1.95. The maximum atomic E-state index is 12.0. The van der Waals surface area contributed by atoms with E-state index in [1.807, 2.05) is 43.3 Å². The quantitative estimate of drug-likeness (QED) is 0.857. The zero-order valence-corrected chi connectivity index (χ0v) is 12.9. The van der Waals surface area contributed by atoms with Crippen LogP contribution in [0.15, 0.2) is 48.5 Å². The van der Waals surface area contributed by atoms with Crippen LogP contribution in [-0.2, 0) is 4.79 Å². The fourth-order valence-corrected chi connectivity index (χ4v) is 2.01. The smallest absolute Gasteiger partial charge is 0.248 e. The van der Waals surface area contributed by atoms with Crippen LogP contribution in [0.1, 0.15) is 11.1 Å². The van der Waals surface area contributed by atoms with Crippen LogP contribution in [0.5, 0.6) is 11.5 Å². The number of rotatable bonds is 5. The third-order valence-corrected chi connectivity index (χ3v) is 3.26. The highest BCUT2D eigenvalue weighted by atomic mass is 16.5. The predicted molar refractivity (Wildman–Crippen MR) is 88.4 cm³/mol. The van der Waals surface area contributed by atoms with Gasteiger partial charge in [-0.05, 0) is 36.8 Å². The predicted octanol–water partition coefficient (Wildman–Crippen LogP) is 3.66. The van der Waals surface area contributed by atoms with E-state index in [1.165, 1.54) is 6.08 Å². The van der Waals surface area contributed by atoms with E-state index >= 15 is 0 Å². The Kier molecular flexibility index (Phi) is 5.20. The first-order valence-electron chi connectivity index (χ1n) is 6.90. The minimum absolute atomic E-state index is 0.188. The van der Waals surface area contributed by atoms with E-state index in [0.29, 0.717) is 11.5 Å². The lowest BCUT2D eigenvalue weighted by molar-refractivity contribution is -0.111. The van der Waals surface area contributed by atoms with E-state index in [4.69, 9.17) is 9.47 Å². The van der Waals surface area contributed by atoms with Crippen molar-refractivity contribution in [2.45, 2.75) is 6.92 Å². The topological polar surface area (TPSA) is 47.6 Å². The summed E-state index contributed by atoms with van der Waals surface area (Å²) in [6, 6.07) is 13.1. The second-order valence-electron chi connectivity index (χ2n) is 4.75. The van der Waals surface area contributed by atoms with Crippen molar-refractivity contribution in [1.82, 2.24) is 0 Å². The van der Waals surface area contributed by atoms with E-state index in [9.17, 15) is 4.79 Å². The number of carbonyl (C=O) groups excluding carboxylic acids is 1. The van der Waals surface area contributed by atoms with Gasteiger partial charge >= 0.3 is 0 Å². The number of methoxy groups -OCH3 is 2. The lowest BCUT2D eigenvalue weighted by Crippen LogP contribution is -2.08. The molecule has 0 aliphatic heterocycles. The third kappa shape index (κ3) is 3.88. The number of anilines is 1. The normalized spacial score (nSPS) is 10.5. The molecule has 0 aromatic heterocycles. The molecule has 0 bridgehead atoms. The molecule has 1 N–H and O–H groups in total. The van der Waals surface area contributed by atoms with E-state index in [2.05, 4.69) is 5.32 Å². The van der Waals surface area contributed by atoms with Gasteiger partial charge in [0.25, 0.3) is 0 Å². The second-order valence-corrected chi connectivity index (χ2v) is 4.75. The van der Waals surface area contributed by atoms with E-state index < -0.39 is 0 Å². The Morgan fingerprint density at radius 3 is 2.55 bits per heavy atom. The summed E-state index contributed by atoms with van der Waals surface area (Å²) in [5.41, 5.74) is 2.63. The molecule has 0 heterocycles. The molecule has 2 rings (SSSR count). The summed E-state index contributed by atoms with van der Waals surface area (Å²) in [5.74, 6) is 1.17. The number of para-hydroxylation sites is 1. The number of hydrogen-bond acceptors (Lipinski definition) is 3. The van der Waals surface area contributed by atoms with Crippen LogP contribution in [0, 0.1) is 6.92 Å². The van der Waals surface area contributed by atoms with Gasteiger partial charge in [-0.25, -0.2) is 0 Å². The lowest BCUT2D eigenvalue weighted by atomic mass is 10.1. The molecule has 22 heavy (non-hydrogen) atoms. The Hall–Kier alpha value is -2.75. The summed E-state index contributed by atoms with van der Waals surface area (Å²) in [6.07, 6.45) is 3.20. The molecule has 0 fully saturated rings. The Bertz CT molecular complexity index is 692. The molecule has 4 heteroatoms. The first-order valence-corrected chi connectivity index (χ1v) is 6.90. The largest absolute Gasteiger partial charge is 0.497 e. The number of hydrogen-bond donors (Lipinski definition) is 1. The van der Waals surface area contributed by atoms with E-state index in [1.54, 1.807) is 26.4 Å². The highest BCUT2D eigenvalue weighted by Crippen LogP contribution is 2.25. The SMILES string of the molecule is COc1ccc(C=CC(=O)Nc2ccccc2C)c(OC)c1. The monoisotopic (exact) mass is 297 g/mol. The number of carbonyl (C=O) groups is 1. The standard InChI is InChI=1S/C18H19NO3/c1-13-6-4-5-7-16(13)19-18(20)11-9-14-8-10-15(21-2)12-17(14)22-3/h4-12H,1-3H3,(H,19,20). The van der Waals surface area contributed by atoms with Crippen molar-refractivity contribution < 1.29 is 14.3 Å². The highest BCUT2D eigenvalue weighted by Gasteiger charge is 2.04. The zero-order valence-electron chi connectivity index (χ0n) is 12.9. The van der Waals surface area contributed by atoms with Gasteiger partial charge in [0, 0.05) is 23.4 Å². The molecule has 1 amide bonds. The number of ether oxygens (including phenoxy) is 2. The van der Waals surface area contributed by atoms with Crippen LogP contribution >= 0.6 is 0 Å². The molecule has 2 aromatic carbocycles. The molecular formula is C18H19NO3. The van der Waals surface area contributed by atoms with E-state index in [0.717, 1.165) is 16.8 Å². The highest BCUT2D eigenvalue weighted by molar-refractivity contribution is 6.02. The summed E-state index contributed by atoms with van der Waals surface area (Å²) in [4.78, 5) is 12.0. The number of nitrogens with one attached hydrogen (secondary N) is 1. The van der Waals surface area contributed by atoms with Crippen molar-refractivity contribution in [3.63, 3.8) is 0 Å². The van der Waals surface area contributed by atoms with Gasteiger partial charge in [0.1, 0.15) is 11.5 Å². The van der Waals surface area contributed by atoms with Crippen LogP contribution in [0.4, 0.5) is 5.69 Å². The number of amides is 1. The van der Waals surface area contributed by atoms with Crippen LogP contribution < -0.4 is 14.8 Å². The molecule has 114 valence electrons. The third-order valence-electron chi connectivity index (χ3n) is 3.26. The van der Waals surface area contributed by atoms with Crippen LogP contribution in [0.25, 0.3) is 6.08 Å². The summed E-state index contributed by atoms with van der Waals surface area (Å²) in [5, 5.41) is 2.85. The van der Waals surface area contributed by atoms with Crippen LogP contribution in [0.2, 0.25) is 0 Å². The van der Waals surface area contributed by atoms with Gasteiger partial charge in [-0.2, -0.15) is 0 Å².